The molecule has 0 aromatic heterocycles. The number of carbonyl (C=O) groups excluding carboxylic acids is 1. The van der Waals surface area contributed by atoms with Crippen molar-refractivity contribution >= 4 is 6.09 Å². The van der Waals surface area contributed by atoms with Crippen LogP contribution in [0.4, 0.5) is 4.79 Å². The Morgan fingerprint density at radius 2 is 1.57 bits per heavy atom. The number of nitrogens with zero attached hydrogens (tertiary/aromatic N) is 1. The fourth-order valence-corrected chi connectivity index (χ4v) is 4.30. The molecular weight excluding hydrogens is 264 g/mol. The van der Waals surface area contributed by atoms with E-state index in [-0.39, 0.29) is 6.09 Å². The summed E-state index contributed by atoms with van der Waals surface area (Å²) in [5, 5.41) is 3.82. The molecule has 2 bridgehead atoms. The molecule has 4 nitrogen and oxygen atoms in total. The van der Waals surface area contributed by atoms with E-state index in [2.05, 4.69) is 12.2 Å². The molecule has 21 heavy (non-hydrogen) atoms. The summed E-state index contributed by atoms with van der Waals surface area (Å²) in [7, 11) is 0. The minimum absolute atomic E-state index is 0.106. The van der Waals surface area contributed by atoms with E-state index in [1.165, 1.54) is 12.8 Å². The average Bonchev–Trinajstić information content (AvgIpc) is 2.57. The fourth-order valence-electron chi connectivity index (χ4n) is 4.30. The monoisotopic (exact) mass is 294 g/mol. The lowest BCUT2D eigenvalue weighted by molar-refractivity contribution is 0.00344. The van der Waals surface area contributed by atoms with Crippen molar-refractivity contribution in [3.05, 3.63) is 0 Å². The Kier molecular flexibility index (Phi) is 3.93. The van der Waals surface area contributed by atoms with E-state index in [1.54, 1.807) is 0 Å². The highest BCUT2D eigenvalue weighted by Crippen LogP contribution is 2.38. The molecule has 0 radical (unpaired) electrons. The van der Waals surface area contributed by atoms with Crippen molar-refractivity contribution in [3.63, 3.8) is 0 Å². The number of hydrogen-bond acceptors (Lipinski definition) is 3. The number of rotatable bonds is 2. The minimum Gasteiger partial charge on any atom is -0.444 e. The Morgan fingerprint density at radius 1 is 1.05 bits per heavy atom. The standard InChI is InChI=1S/C17H30N2O2/c1-11-7-12(8-11)18-13-9-14-5-6-15(10-13)19(14)16(20)21-17(2,3)4/h11-15,18H,5-10H2,1-4H3. The van der Waals surface area contributed by atoms with Gasteiger partial charge >= 0.3 is 6.09 Å². The summed E-state index contributed by atoms with van der Waals surface area (Å²) >= 11 is 0. The minimum atomic E-state index is -0.395. The second kappa shape index (κ2) is 5.45. The van der Waals surface area contributed by atoms with Crippen LogP contribution in [0.2, 0.25) is 0 Å². The summed E-state index contributed by atoms with van der Waals surface area (Å²) in [4.78, 5) is 14.4. The van der Waals surface area contributed by atoms with Gasteiger partial charge in [-0.15, -0.1) is 0 Å². The quantitative estimate of drug-likeness (QED) is 0.849. The first kappa shape index (κ1) is 15.1. The SMILES string of the molecule is CC1CC(NC2CC3CCC(C2)N3C(=O)OC(C)(C)C)C1. The van der Waals surface area contributed by atoms with Crippen molar-refractivity contribution in [2.75, 3.05) is 0 Å². The topological polar surface area (TPSA) is 41.6 Å². The zero-order valence-corrected chi connectivity index (χ0v) is 13.9. The van der Waals surface area contributed by atoms with Gasteiger partial charge in [-0.25, -0.2) is 4.79 Å². The van der Waals surface area contributed by atoms with Crippen molar-refractivity contribution in [1.29, 1.82) is 0 Å². The first-order valence-corrected chi connectivity index (χ1v) is 8.59. The van der Waals surface area contributed by atoms with Crippen molar-refractivity contribution in [2.24, 2.45) is 5.92 Å². The van der Waals surface area contributed by atoms with Crippen LogP contribution in [0.3, 0.4) is 0 Å². The molecule has 2 heterocycles. The molecule has 0 spiro atoms. The summed E-state index contributed by atoms with van der Waals surface area (Å²) < 4.78 is 5.59. The van der Waals surface area contributed by atoms with E-state index in [1.807, 2.05) is 25.7 Å². The molecule has 1 aliphatic carbocycles. The molecule has 2 unspecified atom stereocenters. The number of ether oxygens (including phenoxy) is 1. The lowest BCUT2D eigenvalue weighted by Gasteiger charge is -2.43. The van der Waals surface area contributed by atoms with E-state index in [0.717, 1.165) is 37.6 Å². The molecule has 3 aliphatic rings. The van der Waals surface area contributed by atoms with Crippen LogP contribution in [0.5, 0.6) is 0 Å². The predicted molar refractivity (Wildman–Crippen MR) is 83.2 cm³/mol. The number of fused-ring (bicyclic) bond motifs is 2. The third kappa shape index (κ3) is 3.36. The number of piperidine rings is 1. The highest BCUT2D eigenvalue weighted by atomic mass is 16.6. The van der Waals surface area contributed by atoms with Crippen LogP contribution in [0.25, 0.3) is 0 Å². The van der Waals surface area contributed by atoms with Crippen molar-refractivity contribution in [3.8, 4) is 0 Å². The third-order valence-electron chi connectivity index (χ3n) is 5.18. The molecule has 3 fully saturated rings. The van der Waals surface area contributed by atoms with Crippen molar-refractivity contribution in [2.45, 2.75) is 96.0 Å². The van der Waals surface area contributed by atoms with Gasteiger partial charge in [-0.1, -0.05) is 6.92 Å². The Balaban J connectivity index is 1.55. The van der Waals surface area contributed by atoms with Crippen LogP contribution in [-0.4, -0.2) is 40.8 Å². The van der Waals surface area contributed by atoms with Crippen LogP contribution >= 0.6 is 0 Å². The Hall–Kier alpha value is -0.770. The maximum atomic E-state index is 12.4. The Bertz CT molecular complexity index is 384. The van der Waals surface area contributed by atoms with Gasteiger partial charge in [0, 0.05) is 24.2 Å². The van der Waals surface area contributed by atoms with Gasteiger partial charge in [-0.2, -0.15) is 0 Å². The van der Waals surface area contributed by atoms with Gasteiger partial charge in [0.2, 0.25) is 0 Å². The average molecular weight is 294 g/mol. The van der Waals surface area contributed by atoms with Crippen LogP contribution in [0, 0.1) is 5.92 Å². The van der Waals surface area contributed by atoms with E-state index in [9.17, 15) is 4.79 Å². The molecular formula is C17H30N2O2. The molecule has 2 atom stereocenters. The third-order valence-corrected chi connectivity index (χ3v) is 5.18. The van der Waals surface area contributed by atoms with Gasteiger partial charge in [-0.3, -0.25) is 0 Å². The number of nitrogens with one attached hydrogen (secondary N) is 1. The van der Waals surface area contributed by atoms with Crippen LogP contribution in [0.1, 0.15) is 66.2 Å². The zero-order chi connectivity index (χ0) is 15.2. The van der Waals surface area contributed by atoms with Gasteiger partial charge < -0.3 is 15.0 Å². The van der Waals surface area contributed by atoms with Crippen LogP contribution < -0.4 is 5.32 Å². The van der Waals surface area contributed by atoms with Gasteiger partial charge in [0.15, 0.2) is 0 Å². The Morgan fingerprint density at radius 3 is 2.05 bits per heavy atom. The van der Waals surface area contributed by atoms with E-state index >= 15 is 0 Å². The van der Waals surface area contributed by atoms with Crippen molar-refractivity contribution < 1.29 is 9.53 Å². The molecule has 4 heteroatoms. The van der Waals surface area contributed by atoms with Gasteiger partial charge in [0.1, 0.15) is 5.60 Å². The highest BCUT2D eigenvalue weighted by Gasteiger charge is 2.45. The highest BCUT2D eigenvalue weighted by molar-refractivity contribution is 5.69. The molecule has 1 saturated carbocycles. The normalized spacial score (nSPS) is 39.0. The molecule has 0 aromatic carbocycles. The Labute approximate surface area is 128 Å². The predicted octanol–water partition coefficient (Wildman–Crippen LogP) is 3.31. The summed E-state index contributed by atoms with van der Waals surface area (Å²) in [6.07, 6.45) is 7.02. The molecule has 2 saturated heterocycles. The number of hydrogen-bond donors (Lipinski definition) is 1. The van der Waals surface area contributed by atoms with Gasteiger partial charge in [0.05, 0.1) is 0 Å². The van der Waals surface area contributed by atoms with Gasteiger partial charge in [-0.05, 0) is 65.2 Å². The first-order valence-electron chi connectivity index (χ1n) is 8.59. The lowest BCUT2D eigenvalue weighted by Crippen LogP contribution is -2.55. The van der Waals surface area contributed by atoms with Crippen LogP contribution in [-0.2, 0) is 4.74 Å². The van der Waals surface area contributed by atoms with E-state index in [0.29, 0.717) is 18.1 Å². The lowest BCUT2D eigenvalue weighted by atomic mass is 9.81. The first-order chi connectivity index (χ1) is 9.82. The fraction of sp³-hybridized carbons (Fsp3) is 0.941. The summed E-state index contributed by atoms with van der Waals surface area (Å²) in [5.74, 6) is 0.890. The second-order valence-electron chi connectivity index (χ2n) is 8.38. The molecule has 2 aliphatic heterocycles. The smallest absolute Gasteiger partial charge is 0.410 e. The van der Waals surface area contributed by atoms with Crippen LogP contribution in [0.15, 0.2) is 0 Å². The maximum Gasteiger partial charge on any atom is 0.410 e. The van der Waals surface area contributed by atoms with Crippen molar-refractivity contribution in [1.82, 2.24) is 10.2 Å². The molecule has 1 N–H and O–H groups in total. The van der Waals surface area contributed by atoms with E-state index in [4.69, 9.17) is 4.74 Å². The summed E-state index contributed by atoms with van der Waals surface area (Å²) in [5.41, 5.74) is -0.395. The molecule has 120 valence electrons. The van der Waals surface area contributed by atoms with E-state index < -0.39 is 5.60 Å². The zero-order valence-electron chi connectivity index (χ0n) is 13.9. The number of amides is 1. The van der Waals surface area contributed by atoms with Gasteiger partial charge in [0.25, 0.3) is 0 Å². The molecule has 3 rings (SSSR count). The summed E-state index contributed by atoms with van der Waals surface area (Å²) in [6, 6.07) is 2.08. The summed E-state index contributed by atoms with van der Waals surface area (Å²) in [6.45, 7) is 8.16. The second-order valence-corrected chi connectivity index (χ2v) is 8.38. The molecule has 0 aromatic rings. The largest absolute Gasteiger partial charge is 0.444 e. The maximum absolute atomic E-state index is 12.4. The molecule has 1 amide bonds. The number of carbonyl (C=O) groups is 1.